The highest BCUT2D eigenvalue weighted by molar-refractivity contribution is 5.72. The second-order valence-corrected chi connectivity index (χ2v) is 4.04. The van der Waals surface area contributed by atoms with Gasteiger partial charge in [-0.05, 0) is 19.3 Å². The maximum Gasteiger partial charge on any atom is 0.332 e. The van der Waals surface area contributed by atoms with Gasteiger partial charge in [0.2, 0.25) is 0 Å². The standard InChI is InChI=1S/C12H24O4/c1-4-6-10(3)9-15-8-7-11(12(13)14)16-5-2/h10-11H,4-9H2,1-3H3,(H,13,14). The average molecular weight is 232 g/mol. The fraction of sp³-hybridized carbons (Fsp3) is 0.917. The van der Waals surface area contributed by atoms with Crippen molar-refractivity contribution >= 4 is 5.97 Å². The zero-order valence-electron chi connectivity index (χ0n) is 10.6. The van der Waals surface area contributed by atoms with Crippen LogP contribution in [0.15, 0.2) is 0 Å². The number of hydrogen-bond donors (Lipinski definition) is 1. The molecule has 0 spiro atoms. The summed E-state index contributed by atoms with van der Waals surface area (Å²) in [5, 5.41) is 8.82. The average Bonchev–Trinajstić information content (AvgIpc) is 2.22. The van der Waals surface area contributed by atoms with Crippen LogP contribution < -0.4 is 0 Å². The molecule has 2 atom stereocenters. The highest BCUT2D eigenvalue weighted by Crippen LogP contribution is 2.06. The Morgan fingerprint density at radius 3 is 2.50 bits per heavy atom. The summed E-state index contributed by atoms with van der Waals surface area (Å²) in [4.78, 5) is 10.7. The lowest BCUT2D eigenvalue weighted by Crippen LogP contribution is -2.25. The van der Waals surface area contributed by atoms with E-state index in [-0.39, 0.29) is 0 Å². The number of ether oxygens (including phenoxy) is 2. The van der Waals surface area contributed by atoms with E-state index in [9.17, 15) is 4.79 Å². The summed E-state index contributed by atoms with van der Waals surface area (Å²) in [6.45, 7) is 7.65. The molecule has 4 heteroatoms. The molecular weight excluding hydrogens is 208 g/mol. The molecule has 0 saturated carbocycles. The van der Waals surface area contributed by atoms with E-state index >= 15 is 0 Å². The Bertz CT molecular complexity index is 182. The number of aliphatic carboxylic acids is 1. The molecule has 0 amide bonds. The molecule has 0 aromatic rings. The van der Waals surface area contributed by atoms with Gasteiger partial charge in [0.25, 0.3) is 0 Å². The van der Waals surface area contributed by atoms with Crippen LogP contribution in [0.3, 0.4) is 0 Å². The van der Waals surface area contributed by atoms with Gasteiger partial charge in [-0.25, -0.2) is 4.79 Å². The molecule has 0 saturated heterocycles. The van der Waals surface area contributed by atoms with Gasteiger partial charge in [-0.3, -0.25) is 0 Å². The molecule has 1 N–H and O–H groups in total. The van der Waals surface area contributed by atoms with Gasteiger partial charge < -0.3 is 14.6 Å². The Labute approximate surface area is 97.9 Å². The molecule has 0 aliphatic rings. The summed E-state index contributed by atoms with van der Waals surface area (Å²) in [6, 6.07) is 0. The molecule has 0 aliphatic heterocycles. The highest BCUT2D eigenvalue weighted by atomic mass is 16.5. The second-order valence-electron chi connectivity index (χ2n) is 4.04. The normalized spacial score (nSPS) is 14.7. The van der Waals surface area contributed by atoms with Crippen molar-refractivity contribution in [1.29, 1.82) is 0 Å². The molecule has 0 bridgehead atoms. The lowest BCUT2D eigenvalue weighted by Gasteiger charge is -2.14. The lowest BCUT2D eigenvalue weighted by molar-refractivity contribution is -0.151. The summed E-state index contributed by atoms with van der Waals surface area (Å²) in [5.74, 6) is -0.368. The van der Waals surface area contributed by atoms with E-state index in [2.05, 4.69) is 13.8 Å². The first kappa shape index (κ1) is 15.4. The van der Waals surface area contributed by atoms with E-state index in [1.54, 1.807) is 6.92 Å². The van der Waals surface area contributed by atoms with Crippen LogP contribution in [-0.4, -0.2) is 37.0 Å². The third-order valence-electron chi connectivity index (χ3n) is 2.35. The van der Waals surface area contributed by atoms with E-state index < -0.39 is 12.1 Å². The summed E-state index contributed by atoms with van der Waals surface area (Å²) in [7, 11) is 0. The van der Waals surface area contributed by atoms with Gasteiger partial charge in [-0.2, -0.15) is 0 Å². The molecule has 0 aromatic carbocycles. The number of hydrogen-bond acceptors (Lipinski definition) is 3. The highest BCUT2D eigenvalue weighted by Gasteiger charge is 2.16. The molecule has 0 radical (unpaired) electrons. The SMILES string of the molecule is CCCC(C)COCCC(OCC)C(=O)O. The number of rotatable bonds is 10. The van der Waals surface area contributed by atoms with Gasteiger partial charge in [-0.1, -0.05) is 20.3 Å². The van der Waals surface area contributed by atoms with Crippen LogP contribution >= 0.6 is 0 Å². The third kappa shape index (κ3) is 7.65. The Morgan fingerprint density at radius 2 is 2.00 bits per heavy atom. The Morgan fingerprint density at radius 1 is 1.31 bits per heavy atom. The predicted octanol–water partition coefficient (Wildman–Crippen LogP) is 2.32. The van der Waals surface area contributed by atoms with Crippen molar-refractivity contribution in [2.45, 2.75) is 46.1 Å². The lowest BCUT2D eigenvalue weighted by atomic mass is 10.1. The number of carboxylic acid groups (broad SMARTS) is 1. The van der Waals surface area contributed by atoms with Crippen LogP contribution in [-0.2, 0) is 14.3 Å². The van der Waals surface area contributed by atoms with Crippen LogP contribution in [0, 0.1) is 5.92 Å². The van der Waals surface area contributed by atoms with Crippen LogP contribution in [0.2, 0.25) is 0 Å². The van der Waals surface area contributed by atoms with Crippen LogP contribution in [0.4, 0.5) is 0 Å². The summed E-state index contributed by atoms with van der Waals surface area (Å²) in [5.41, 5.74) is 0. The minimum Gasteiger partial charge on any atom is -0.479 e. The van der Waals surface area contributed by atoms with Gasteiger partial charge in [0, 0.05) is 26.2 Å². The van der Waals surface area contributed by atoms with Gasteiger partial charge >= 0.3 is 5.97 Å². The topological polar surface area (TPSA) is 55.8 Å². The number of carbonyl (C=O) groups is 1. The van der Waals surface area contributed by atoms with Gasteiger partial charge in [-0.15, -0.1) is 0 Å². The molecule has 0 rings (SSSR count). The minimum absolute atomic E-state index is 0.419. The van der Waals surface area contributed by atoms with Gasteiger partial charge in [0.05, 0.1) is 0 Å². The molecule has 0 fully saturated rings. The molecular formula is C12H24O4. The monoisotopic (exact) mass is 232 g/mol. The van der Waals surface area contributed by atoms with Crippen molar-refractivity contribution in [3.63, 3.8) is 0 Å². The zero-order chi connectivity index (χ0) is 12.4. The minimum atomic E-state index is -0.910. The molecule has 0 aliphatic carbocycles. The first-order valence-corrected chi connectivity index (χ1v) is 6.03. The van der Waals surface area contributed by atoms with Crippen molar-refractivity contribution in [2.24, 2.45) is 5.92 Å². The first-order valence-electron chi connectivity index (χ1n) is 6.03. The van der Waals surface area contributed by atoms with Crippen molar-refractivity contribution in [3.05, 3.63) is 0 Å². The van der Waals surface area contributed by atoms with Crippen molar-refractivity contribution < 1.29 is 19.4 Å². The van der Waals surface area contributed by atoms with Crippen molar-refractivity contribution in [3.8, 4) is 0 Å². The molecule has 0 heterocycles. The molecule has 0 aromatic heterocycles. The largest absolute Gasteiger partial charge is 0.479 e. The summed E-state index contributed by atoms with van der Waals surface area (Å²) >= 11 is 0. The van der Waals surface area contributed by atoms with Gasteiger partial charge in [0.1, 0.15) is 0 Å². The van der Waals surface area contributed by atoms with Crippen LogP contribution in [0.5, 0.6) is 0 Å². The van der Waals surface area contributed by atoms with Crippen LogP contribution in [0.25, 0.3) is 0 Å². The third-order valence-corrected chi connectivity index (χ3v) is 2.35. The fourth-order valence-electron chi connectivity index (χ4n) is 1.53. The maximum absolute atomic E-state index is 10.7. The van der Waals surface area contributed by atoms with E-state index in [1.807, 2.05) is 0 Å². The molecule has 96 valence electrons. The van der Waals surface area contributed by atoms with E-state index in [4.69, 9.17) is 14.6 Å². The Kier molecular flexibility index (Phi) is 9.24. The second kappa shape index (κ2) is 9.60. The Hall–Kier alpha value is -0.610. The van der Waals surface area contributed by atoms with Gasteiger partial charge in [0.15, 0.2) is 6.10 Å². The van der Waals surface area contributed by atoms with E-state index in [1.165, 1.54) is 0 Å². The molecule has 2 unspecified atom stereocenters. The van der Waals surface area contributed by atoms with Crippen LogP contribution in [0.1, 0.15) is 40.0 Å². The number of carboxylic acids is 1. The predicted molar refractivity (Wildman–Crippen MR) is 62.6 cm³/mol. The summed E-state index contributed by atoms with van der Waals surface area (Å²) in [6.07, 6.45) is 1.99. The zero-order valence-corrected chi connectivity index (χ0v) is 10.6. The van der Waals surface area contributed by atoms with Crippen molar-refractivity contribution in [2.75, 3.05) is 19.8 Å². The quantitative estimate of drug-likeness (QED) is 0.587. The summed E-state index contributed by atoms with van der Waals surface area (Å²) < 4.78 is 10.5. The maximum atomic E-state index is 10.7. The Balaban J connectivity index is 3.58. The van der Waals surface area contributed by atoms with Crippen molar-refractivity contribution in [1.82, 2.24) is 0 Å². The fourth-order valence-corrected chi connectivity index (χ4v) is 1.53. The smallest absolute Gasteiger partial charge is 0.332 e. The molecule has 4 nitrogen and oxygen atoms in total. The van der Waals surface area contributed by atoms with E-state index in [0.717, 1.165) is 12.8 Å². The molecule has 16 heavy (non-hydrogen) atoms. The van der Waals surface area contributed by atoms with E-state index in [0.29, 0.717) is 32.2 Å². The first-order chi connectivity index (χ1) is 7.61.